The molecule has 0 saturated carbocycles. The van der Waals surface area contributed by atoms with Gasteiger partial charge in [0.05, 0.1) is 0 Å². The van der Waals surface area contributed by atoms with E-state index in [0.29, 0.717) is 0 Å². The Hall–Kier alpha value is -1.97. The van der Waals surface area contributed by atoms with E-state index in [2.05, 4.69) is 15.0 Å². The normalized spacial score (nSPS) is 10.1. The van der Waals surface area contributed by atoms with Gasteiger partial charge in [-0.1, -0.05) is 6.07 Å². The van der Waals surface area contributed by atoms with E-state index >= 15 is 0 Å². The van der Waals surface area contributed by atoms with Crippen molar-refractivity contribution in [1.82, 2.24) is 15.0 Å². The number of hydrogen-bond donors (Lipinski definition) is 1. The molecular weight excluding hydrogens is 178 g/mol. The van der Waals surface area contributed by atoms with Gasteiger partial charge in [0.1, 0.15) is 0 Å². The highest BCUT2D eigenvalue weighted by molar-refractivity contribution is 5.59. The van der Waals surface area contributed by atoms with E-state index in [1.165, 1.54) is 6.20 Å². The largest absolute Gasteiger partial charge is 0.344 e. The van der Waals surface area contributed by atoms with E-state index in [-0.39, 0.29) is 5.69 Å². The molecule has 0 aromatic carbocycles. The fourth-order valence-electron chi connectivity index (χ4n) is 1.14. The van der Waals surface area contributed by atoms with Gasteiger partial charge >= 0.3 is 5.69 Å². The van der Waals surface area contributed by atoms with Crippen LogP contribution in [-0.2, 0) is 0 Å². The van der Waals surface area contributed by atoms with E-state index in [0.717, 1.165) is 16.8 Å². The summed E-state index contributed by atoms with van der Waals surface area (Å²) < 4.78 is 0. The molecule has 0 aliphatic rings. The standard InChI is InChI=1S/C10H9N3O/c1-7-2-3-8(4-11-7)9-5-12-10(14)13-6-9/h2-6H,1H3,(H,12,13,14). The van der Waals surface area contributed by atoms with Crippen LogP contribution in [0, 0.1) is 6.92 Å². The summed E-state index contributed by atoms with van der Waals surface area (Å²) in [4.78, 5) is 21.0. The van der Waals surface area contributed by atoms with Gasteiger partial charge in [-0.05, 0) is 13.0 Å². The number of aromatic nitrogens is 3. The predicted octanol–water partition coefficient (Wildman–Crippen LogP) is 1.14. The topological polar surface area (TPSA) is 58.6 Å². The minimum Gasteiger partial charge on any atom is -0.312 e. The Labute approximate surface area is 80.7 Å². The molecule has 0 fully saturated rings. The van der Waals surface area contributed by atoms with Crippen LogP contribution in [-0.4, -0.2) is 15.0 Å². The Morgan fingerprint density at radius 2 is 1.93 bits per heavy atom. The lowest BCUT2D eigenvalue weighted by Gasteiger charge is -1.99. The lowest BCUT2D eigenvalue weighted by molar-refractivity contribution is 1.08. The zero-order valence-electron chi connectivity index (χ0n) is 7.69. The molecule has 2 aromatic rings. The molecule has 14 heavy (non-hydrogen) atoms. The maximum atomic E-state index is 10.7. The summed E-state index contributed by atoms with van der Waals surface area (Å²) in [6.07, 6.45) is 4.91. The lowest BCUT2D eigenvalue weighted by atomic mass is 10.1. The molecule has 2 heterocycles. The average Bonchev–Trinajstić information content (AvgIpc) is 2.21. The highest BCUT2D eigenvalue weighted by Gasteiger charge is 1.97. The first kappa shape index (κ1) is 8.62. The van der Waals surface area contributed by atoms with Crippen LogP contribution in [0.2, 0.25) is 0 Å². The number of hydrogen-bond acceptors (Lipinski definition) is 3. The number of H-pyrrole nitrogens is 1. The number of pyridine rings is 1. The molecule has 0 aliphatic carbocycles. The number of nitrogens with one attached hydrogen (secondary N) is 1. The Bertz CT molecular complexity index is 467. The van der Waals surface area contributed by atoms with Crippen molar-refractivity contribution < 1.29 is 0 Å². The Balaban J connectivity index is 2.44. The molecule has 2 aromatic heterocycles. The Morgan fingerprint density at radius 3 is 2.50 bits per heavy atom. The van der Waals surface area contributed by atoms with Gasteiger partial charge in [0.15, 0.2) is 0 Å². The summed E-state index contributed by atoms with van der Waals surface area (Å²) in [6.45, 7) is 1.93. The summed E-state index contributed by atoms with van der Waals surface area (Å²) in [5.41, 5.74) is 2.43. The van der Waals surface area contributed by atoms with Crippen molar-refractivity contribution in [1.29, 1.82) is 0 Å². The molecule has 0 amide bonds. The average molecular weight is 187 g/mol. The predicted molar refractivity (Wildman–Crippen MR) is 52.8 cm³/mol. The number of nitrogens with zero attached hydrogens (tertiary/aromatic N) is 2. The smallest absolute Gasteiger partial charge is 0.312 e. The van der Waals surface area contributed by atoms with E-state index in [1.807, 2.05) is 19.1 Å². The zero-order valence-corrected chi connectivity index (χ0v) is 7.69. The summed E-state index contributed by atoms with van der Waals surface area (Å²) in [5.74, 6) is 0. The van der Waals surface area contributed by atoms with Gasteiger partial charge in [-0.25, -0.2) is 9.78 Å². The molecule has 0 spiro atoms. The molecule has 0 unspecified atom stereocenters. The minimum atomic E-state index is -0.339. The van der Waals surface area contributed by atoms with Gasteiger partial charge in [-0.3, -0.25) is 4.98 Å². The van der Waals surface area contributed by atoms with E-state index in [9.17, 15) is 4.79 Å². The van der Waals surface area contributed by atoms with Crippen LogP contribution in [0.3, 0.4) is 0 Å². The maximum absolute atomic E-state index is 10.7. The van der Waals surface area contributed by atoms with Crippen molar-refractivity contribution in [2.75, 3.05) is 0 Å². The summed E-state index contributed by atoms with van der Waals surface area (Å²) in [5, 5.41) is 0. The second-order valence-corrected chi connectivity index (χ2v) is 3.00. The van der Waals surface area contributed by atoms with Gasteiger partial charge in [-0.15, -0.1) is 0 Å². The van der Waals surface area contributed by atoms with Crippen molar-refractivity contribution in [3.05, 3.63) is 46.9 Å². The van der Waals surface area contributed by atoms with E-state index < -0.39 is 0 Å². The van der Waals surface area contributed by atoms with Crippen molar-refractivity contribution in [2.45, 2.75) is 6.92 Å². The Morgan fingerprint density at radius 1 is 1.14 bits per heavy atom. The van der Waals surface area contributed by atoms with Crippen molar-refractivity contribution in [2.24, 2.45) is 0 Å². The van der Waals surface area contributed by atoms with Gasteiger partial charge in [0.25, 0.3) is 0 Å². The molecule has 0 radical (unpaired) electrons. The second-order valence-electron chi connectivity index (χ2n) is 3.00. The van der Waals surface area contributed by atoms with Crippen LogP contribution in [0.1, 0.15) is 5.69 Å². The minimum absolute atomic E-state index is 0.339. The van der Waals surface area contributed by atoms with Gasteiger partial charge in [0, 0.05) is 35.4 Å². The SMILES string of the molecule is Cc1ccc(-c2cnc(=O)[nH]c2)cn1. The molecular formula is C10H9N3O. The summed E-state index contributed by atoms with van der Waals surface area (Å²) in [7, 11) is 0. The third-order valence-electron chi connectivity index (χ3n) is 1.92. The number of aromatic amines is 1. The molecule has 0 atom stereocenters. The van der Waals surface area contributed by atoms with Crippen molar-refractivity contribution >= 4 is 0 Å². The van der Waals surface area contributed by atoms with Crippen molar-refractivity contribution in [3.63, 3.8) is 0 Å². The molecule has 4 nitrogen and oxygen atoms in total. The fourth-order valence-corrected chi connectivity index (χ4v) is 1.14. The zero-order chi connectivity index (χ0) is 9.97. The molecule has 0 aliphatic heterocycles. The van der Waals surface area contributed by atoms with Crippen LogP contribution >= 0.6 is 0 Å². The maximum Gasteiger partial charge on any atom is 0.344 e. The Kier molecular flexibility index (Phi) is 2.10. The first-order valence-corrected chi connectivity index (χ1v) is 4.23. The second kappa shape index (κ2) is 3.41. The quantitative estimate of drug-likeness (QED) is 0.728. The van der Waals surface area contributed by atoms with Crippen LogP contribution in [0.5, 0.6) is 0 Å². The van der Waals surface area contributed by atoms with Crippen LogP contribution in [0.25, 0.3) is 11.1 Å². The highest BCUT2D eigenvalue weighted by atomic mass is 16.1. The molecule has 2 rings (SSSR count). The van der Waals surface area contributed by atoms with Gasteiger partial charge in [0.2, 0.25) is 0 Å². The lowest BCUT2D eigenvalue weighted by Crippen LogP contribution is -2.07. The van der Waals surface area contributed by atoms with Gasteiger partial charge < -0.3 is 4.98 Å². The van der Waals surface area contributed by atoms with E-state index in [4.69, 9.17) is 0 Å². The van der Waals surface area contributed by atoms with Crippen LogP contribution < -0.4 is 5.69 Å². The van der Waals surface area contributed by atoms with Crippen molar-refractivity contribution in [3.8, 4) is 11.1 Å². The van der Waals surface area contributed by atoms with E-state index in [1.54, 1.807) is 12.4 Å². The third-order valence-corrected chi connectivity index (χ3v) is 1.92. The van der Waals surface area contributed by atoms with Crippen LogP contribution in [0.4, 0.5) is 0 Å². The summed E-state index contributed by atoms with van der Waals surface area (Å²) >= 11 is 0. The first-order valence-electron chi connectivity index (χ1n) is 4.23. The monoisotopic (exact) mass is 187 g/mol. The molecule has 1 N–H and O–H groups in total. The fraction of sp³-hybridized carbons (Fsp3) is 0.100. The summed E-state index contributed by atoms with van der Waals surface area (Å²) in [6, 6.07) is 3.86. The third kappa shape index (κ3) is 1.69. The molecule has 0 saturated heterocycles. The number of rotatable bonds is 1. The number of aryl methyl sites for hydroxylation is 1. The van der Waals surface area contributed by atoms with Crippen LogP contribution in [0.15, 0.2) is 35.5 Å². The molecule has 70 valence electrons. The highest BCUT2D eigenvalue weighted by Crippen LogP contribution is 2.14. The molecule has 4 heteroatoms. The van der Waals surface area contributed by atoms with Gasteiger partial charge in [-0.2, -0.15) is 0 Å². The first-order chi connectivity index (χ1) is 6.75. The molecule has 0 bridgehead atoms.